The van der Waals surface area contributed by atoms with Gasteiger partial charge in [0, 0.05) is 24.1 Å². The van der Waals surface area contributed by atoms with Crippen LogP contribution >= 0.6 is 0 Å². The Morgan fingerprint density at radius 3 is 2.83 bits per heavy atom. The molecule has 1 spiro atoms. The zero-order valence-corrected chi connectivity index (χ0v) is 16.0. The number of carbonyl (C=O) groups excluding carboxylic acids is 3. The summed E-state index contributed by atoms with van der Waals surface area (Å²) in [6.45, 7) is 1.72. The first-order valence-electron chi connectivity index (χ1n) is 9.45. The van der Waals surface area contributed by atoms with Crippen molar-refractivity contribution in [2.45, 2.75) is 31.6 Å². The predicted octanol–water partition coefficient (Wildman–Crippen LogP) is 1.67. The average molecular weight is 392 g/mol. The number of terminal acetylenes is 1. The molecule has 4 rings (SSSR count). The topological polar surface area (TPSA) is 98.9 Å². The summed E-state index contributed by atoms with van der Waals surface area (Å²) in [4.78, 5) is 41.4. The Hall–Kier alpha value is -3.53. The Labute approximate surface area is 168 Å². The first kappa shape index (κ1) is 18.8. The van der Waals surface area contributed by atoms with Gasteiger partial charge in [-0.1, -0.05) is 24.1 Å². The van der Waals surface area contributed by atoms with Crippen molar-refractivity contribution < 1.29 is 23.9 Å². The van der Waals surface area contributed by atoms with E-state index in [-0.39, 0.29) is 42.4 Å². The molecule has 2 N–H and O–H groups in total. The van der Waals surface area contributed by atoms with Gasteiger partial charge in [0.05, 0.1) is 18.7 Å². The van der Waals surface area contributed by atoms with Gasteiger partial charge in [0.15, 0.2) is 5.78 Å². The van der Waals surface area contributed by atoms with Crippen LogP contribution in [-0.2, 0) is 29.3 Å². The lowest BCUT2D eigenvalue weighted by atomic mass is 9.64. The summed E-state index contributed by atoms with van der Waals surface area (Å²) in [5.74, 6) is 1.06. The van der Waals surface area contributed by atoms with Crippen LogP contribution < -0.4 is 10.6 Å². The molecule has 0 saturated heterocycles. The highest BCUT2D eigenvalue weighted by Crippen LogP contribution is 2.55. The second-order valence-corrected chi connectivity index (χ2v) is 7.00. The number of fused-ring (bicyclic) bond motifs is 3. The molecular weight excluding hydrogens is 372 g/mol. The molecule has 7 heteroatoms. The molecule has 7 nitrogen and oxygen atoms in total. The fraction of sp³-hybridized carbons (Fsp3) is 0.318. The lowest BCUT2D eigenvalue weighted by molar-refractivity contribution is -0.141. The van der Waals surface area contributed by atoms with Crippen molar-refractivity contribution in [3.8, 4) is 12.3 Å². The number of hydrogen-bond acceptors (Lipinski definition) is 6. The molecule has 1 unspecified atom stereocenters. The Morgan fingerprint density at radius 1 is 1.34 bits per heavy atom. The maximum atomic E-state index is 13.9. The summed E-state index contributed by atoms with van der Waals surface area (Å²) < 4.78 is 10.9. The first-order valence-corrected chi connectivity index (χ1v) is 9.45. The van der Waals surface area contributed by atoms with E-state index in [1.807, 2.05) is 0 Å². The molecular formula is C22H20N2O5. The summed E-state index contributed by atoms with van der Waals surface area (Å²) in [5, 5.41) is 0. The lowest BCUT2D eigenvalue weighted by Crippen LogP contribution is -2.51. The summed E-state index contributed by atoms with van der Waals surface area (Å²) in [7, 11) is 0. The summed E-state index contributed by atoms with van der Waals surface area (Å²) in [6.07, 6.45) is 6.78. The van der Waals surface area contributed by atoms with E-state index >= 15 is 0 Å². The number of carbonyl (C=O) groups is 3. The van der Waals surface area contributed by atoms with Crippen molar-refractivity contribution in [2.75, 3.05) is 18.1 Å². The molecule has 1 amide bonds. The highest BCUT2D eigenvalue weighted by molar-refractivity contribution is 6.23. The number of para-hydroxylation sites is 1. The second-order valence-electron chi connectivity index (χ2n) is 7.00. The molecule has 148 valence electrons. The molecule has 0 aromatic heterocycles. The third-order valence-electron chi connectivity index (χ3n) is 5.49. The molecule has 1 aromatic rings. The third-order valence-corrected chi connectivity index (χ3v) is 5.49. The average Bonchev–Trinajstić information content (AvgIpc) is 2.92. The number of rotatable bonds is 3. The van der Waals surface area contributed by atoms with Crippen LogP contribution in [0.1, 0.15) is 31.7 Å². The Morgan fingerprint density at radius 2 is 2.10 bits per heavy atom. The second kappa shape index (κ2) is 6.82. The number of anilines is 1. The van der Waals surface area contributed by atoms with Gasteiger partial charge in [0.25, 0.3) is 0 Å². The minimum Gasteiger partial charge on any atom is -0.462 e. The van der Waals surface area contributed by atoms with Gasteiger partial charge in [-0.3, -0.25) is 14.5 Å². The molecule has 0 radical (unpaired) electrons. The zero-order chi connectivity index (χ0) is 20.8. The van der Waals surface area contributed by atoms with E-state index in [1.54, 1.807) is 31.2 Å². The minimum absolute atomic E-state index is 0.00866. The third kappa shape index (κ3) is 2.42. The van der Waals surface area contributed by atoms with Crippen molar-refractivity contribution >= 4 is 23.3 Å². The SMILES string of the molecule is C#CCN1C(=O)C2(C(C(=O)OCC)=C(N)OC3=C2C(=O)CCC3)c2ccccc21. The summed E-state index contributed by atoms with van der Waals surface area (Å²) in [5.41, 5.74) is 5.47. The highest BCUT2D eigenvalue weighted by atomic mass is 16.5. The van der Waals surface area contributed by atoms with Gasteiger partial charge in [-0.05, 0) is 19.4 Å². The number of esters is 1. The van der Waals surface area contributed by atoms with Gasteiger partial charge >= 0.3 is 5.97 Å². The van der Waals surface area contributed by atoms with Crippen molar-refractivity contribution in [2.24, 2.45) is 5.73 Å². The fourth-order valence-corrected chi connectivity index (χ4v) is 4.47. The van der Waals surface area contributed by atoms with E-state index in [0.29, 0.717) is 29.9 Å². The number of benzene rings is 1. The quantitative estimate of drug-likeness (QED) is 0.621. The van der Waals surface area contributed by atoms with Gasteiger partial charge in [-0.25, -0.2) is 4.79 Å². The van der Waals surface area contributed by atoms with Crippen LogP contribution in [-0.4, -0.2) is 30.8 Å². The number of ketones is 1. The van der Waals surface area contributed by atoms with E-state index in [0.717, 1.165) is 0 Å². The van der Waals surface area contributed by atoms with Crippen molar-refractivity contribution in [3.05, 3.63) is 52.6 Å². The van der Waals surface area contributed by atoms with E-state index in [2.05, 4.69) is 5.92 Å². The Balaban J connectivity index is 2.09. The maximum absolute atomic E-state index is 13.9. The number of nitrogens with two attached hydrogens (primary N) is 1. The monoisotopic (exact) mass is 392 g/mol. The largest absolute Gasteiger partial charge is 0.462 e. The Kier molecular flexibility index (Phi) is 4.42. The highest BCUT2D eigenvalue weighted by Gasteiger charge is 2.63. The molecule has 2 aliphatic heterocycles. The fourth-order valence-electron chi connectivity index (χ4n) is 4.47. The molecule has 2 heterocycles. The molecule has 3 aliphatic rings. The van der Waals surface area contributed by atoms with Crippen LogP contribution in [0.25, 0.3) is 0 Å². The van der Waals surface area contributed by atoms with E-state index in [1.165, 1.54) is 4.90 Å². The van der Waals surface area contributed by atoms with Crippen LogP contribution in [0.3, 0.4) is 0 Å². The number of Topliss-reactive ketones (excluding diaryl/α,β-unsaturated/α-hetero) is 1. The number of nitrogens with zero attached hydrogens (tertiary/aromatic N) is 1. The molecule has 1 aromatic carbocycles. The molecule has 0 saturated carbocycles. The predicted molar refractivity (Wildman–Crippen MR) is 104 cm³/mol. The molecule has 0 bridgehead atoms. The number of allylic oxidation sites excluding steroid dienone is 1. The van der Waals surface area contributed by atoms with Crippen LogP contribution in [0.2, 0.25) is 0 Å². The molecule has 0 fully saturated rings. The van der Waals surface area contributed by atoms with Crippen LogP contribution in [0.5, 0.6) is 0 Å². The zero-order valence-electron chi connectivity index (χ0n) is 16.0. The number of hydrogen-bond donors (Lipinski definition) is 1. The summed E-state index contributed by atoms with van der Waals surface area (Å²) >= 11 is 0. The van der Waals surface area contributed by atoms with Crippen LogP contribution in [0.15, 0.2) is 47.1 Å². The maximum Gasteiger partial charge on any atom is 0.341 e. The van der Waals surface area contributed by atoms with Crippen molar-refractivity contribution in [1.29, 1.82) is 0 Å². The van der Waals surface area contributed by atoms with E-state index in [4.69, 9.17) is 21.6 Å². The van der Waals surface area contributed by atoms with Gasteiger partial charge in [0.1, 0.15) is 16.7 Å². The molecule has 1 atom stereocenters. The van der Waals surface area contributed by atoms with Gasteiger partial charge < -0.3 is 15.2 Å². The van der Waals surface area contributed by atoms with Gasteiger partial charge in [-0.2, -0.15) is 0 Å². The molecule has 1 aliphatic carbocycles. The van der Waals surface area contributed by atoms with Gasteiger partial charge in [-0.15, -0.1) is 6.42 Å². The lowest BCUT2D eigenvalue weighted by Gasteiger charge is -2.38. The van der Waals surface area contributed by atoms with Crippen LogP contribution in [0.4, 0.5) is 5.69 Å². The van der Waals surface area contributed by atoms with E-state index < -0.39 is 17.3 Å². The van der Waals surface area contributed by atoms with Crippen molar-refractivity contribution in [3.63, 3.8) is 0 Å². The number of ether oxygens (including phenoxy) is 2. The first-order chi connectivity index (χ1) is 14.0. The smallest absolute Gasteiger partial charge is 0.341 e. The normalized spacial score (nSPS) is 23.0. The molecule has 29 heavy (non-hydrogen) atoms. The summed E-state index contributed by atoms with van der Waals surface area (Å²) in [6, 6.07) is 6.97. The number of amides is 1. The van der Waals surface area contributed by atoms with E-state index in [9.17, 15) is 14.4 Å². The van der Waals surface area contributed by atoms with Crippen molar-refractivity contribution in [1.82, 2.24) is 0 Å². The Bertz CT molecular complexity index is 1050. The van der Waals surface area contributed by atoms with Crippen LogP contribution in [0, 0.1) is 12.3 Å². The standard InChI is InChI=1S/C22H20N2O5/c1-3-12-24-14-9-6-5-8-13(14)22(21(24)27)17-15(25)10-7-11-16(17)29-19(23)18(22)20(26)28-4-2/h1,5-6,8-9H,4,7,10-12,23H2,2H3. The minimum atomic E-state index is -1.71. The van der Waals surface area contributed by atoms with Gasteiger partial charge in [0.2, 0.25) is 11.8 Å².